The van der Waals surface area contributed by atoms with Gasteiger partial charge >= 0.3 is 0 Å². The molecule has 1 unspecified atom stereocenters. The fraction of sp³-hybridized carbons (Fsp3) is 0.600. The van der Waals surface area contributed by atoms with E-state index in [1.165, 1.54) is 6.42 Å². The molecule has 3 heterocycles. The monoisotopic (exact) mass is 288 g/mol. The van der Waals surface area contributed by atoms with Crippen LogP contribution in [-0.2, 0) is 0 Å². The van der Waals surface area contributed by atoms with Gasteiger partial charge in [0.1, 0.15) is 5.52 Å². The zero-order valence-corrected chi connectivity index (χ0v) is 12.6. The summed E-state index contributed by atoms with van der Waals surface area (Å²) >= 11 is 0. The van der Waals surface area contributed by atoms with Gasteiger partial charge in [0.15, 0.2) is 5.82 Å². The number of nitrogens with zero attached hydrogens (tertiary/aromatic N) is 5. The summed E-state index contributed by atoms with van der Waals surface area (Å²) in [5.74, 6) is 1.04. The summed E-state index contributed by atoms with van der Waals surface area (Å²) in [5.41, 5.74) is 6.81. The third-order valence-electron chi connectivity index (χ3n) is 4.41. The molecule has 1 fully saturated rings. The Morgan fingerprint density at radius 2 is 2.05 bits per heavy atom. The van der Waals surface area contributed by atoms with E-state index in [9.17, 15) is 0 Å². The third kappa shape index (κ3) is 2.87. The highest BCUT2D eigenvalue weighted by Crippen LogP contribution is 2.21. The molecule has 0 aliphatic carbocycles. The SMILES string of the molecule is CCC(CCN)N1CCN(c2nccn3nccc23)CC1. The van der Waals surface area contributed by atoms with Gasteiger partial charge in [0.05, 0.1) is 6.20 Å². The third-order valence-corrected chi connectivity index (χ3v) is 4.41. The van der Waals surface area contributed by atoms with E-state index in [2.05, 4.69) is 26.8 Å². The first-order chi connectivity index (χ1) is 10.3. The number of fused-ring (bicyclic) bond motifs is 1. The van der Waals surface area contributed by atoms with Crippen molar-refractivity contribution in [1.82, 2.24) is 19.5 Å². The molecule has 1 aliphatic rings. The molecule has 6 heteroatoms. The van der Waals surface area contributed by atoms with Gasteiger partial charge in [-0.3, -0.25) is 4.90 Å². The van der Waals surface area contributed by atoms with E-state index in [0.717, 1.165) is 50.5 Å². The average Bonchev–Trinajstić information content (AvgIpc) is 3.01. The summed E-state index contributed by atoms with van der Waals surface area (Å²) in [6, 6.07) is 2.65. The molecule has 1 aliphatic heterocycles. The van der Waals surface area contributed by atoms with E-state index in [0.29, 0.717) is 6.04 Å². The Morgan fingerprint density at radius 3 is 2.76 bits per heavy atom. The number of piperazine rings is 1. The summed E-state index contributed by atoms with van der Waals surface area (Å²) in [7, 11) is 0. The Bertz CT molecular complexity index is 572. The Morgan fingerprint density at radius 1 is 1.24 bits per heavy atom. The van der Waals surface area contributed by atoms with Crippen molar-refractivity contribution in [2.24, 2.45) is 5.73 Å². The molecule has 114 valence electrons. The van der Waals surface area contributed by atoms with Gasteiger partial charge in [0.2, 0.25) is 0 Å². The van der Waals surface area contributed by atoms with E-state index in [1.54, 1.807) is 0 Å². The van der Waals surface area contributed by atoms with Crippen LogP contribution in [0.4, 0.5) is 5.82 Å². The minimum Gasteiger partial charge on any atom is -0.352 e. The normalized spacial score (nSPS) is 18.3. The van der Waals surface area contributed by atoms with E-state index in [4.69, 9.17) is 5.73 Å². The Hall–Kier alpha value is -1.66. The van der Waals surface area contributed by atoms with Crippen LogP contribution in [0, 0.1) is 0 Å². The van der Waals surface area contributed by atoms with Crippen LogP contribution in [0.3, 0.4) is 0 Å². The summed E-state index contributed by atoms with van der Waals surface area (Å²) in [6.45, 7) is 7.21. The maximum Gasteiger partial charge on any atom is 0.154 e. The molecule has 0 aromatic carbocycles. The molecule has 6 nitrogen and oxygen atoms in total. The van der Waals surface area contributed by atoms with E-state index >= 15 is 0 Å². The predicted molar refractivity (Wildman–Crippen MR) is 84.5 cm³/mol. The lowest BCUT2D eigenvalue weighted by molar-refractivity contribution is 0.173. The quantitative estimate of drug-likeness (QED) is 0.888. The van der Waals surface area contributed by atoms with Crippen LogP contribution in [0.15, 0.2) is 24.7 Å². The van der Waals surface area contributed by atoms with Crippen LogP contribution in [0.2, 0.25) is 0 Å². The molecule has 0 bridgehead atoms. The van der Waals surface area contributed by atoms with Crippen molar-refractivity contribution in [1.29, 1.82) is 0 Å². The lowest BCUT2D eigenvalue weighted by Crippen LogP contribution is -2.51. The number of nitrogens with two attached hydrogens (primary N) is 1. The van der Waals surface area contributed by atoms with Crippen molar-refractivity contribution in [2.45, 2.75) is 25.8 Å². The fourth-order valence-corrected chi connectivity index (χ4v) is 3.22. The molecule has 21 heavy (non-hydrogen) atoms. The molecule has 0 spiro atoms. The first-order valence-electron chi connectivity index (χ1n) is 7.81. The van der Waals surface area contributed by atoms with Crippen molar-refractivity contribution in [3.63, 3.8) is 0 Å². The fourth-order valence-electron chi connectivity index (χ4n) is 3.22. The molecule has 0 saturated carbocycles. The van der Waals surface area contributed by atoms with Gasteiger partial charge in [-0.15, -0.1) is 0 Å². The minimum atomic E-state index is 0.621. The van der Waals surface area contributed by atoms with Crippen molar-refractivity contribution >= 4 is 11.3 Å². The Balaban J connectivity index is 1.69. The van der Waals surface area contributed by atoms with Crippen LogP contribution in [0.5, 0.6) is 0 Å². The standard InChI is InChI=1S/C15H24N6/c1-2-13(3-5-16)19-9-11-20(12-10-19)15-14-4-6-18-21(14)8-7-17-15/h4,6-8,13H,2-3,5,9-12,16H2,1H3. The highest BCUT2D eigenvalue weighted by Gasteiger charge is 2.24. The van der Waals surface area contributed by atoms with Crippen LogP contribution in [-0.4, -0.2) is 58.3 Å². The highest BCUT2D eigenvalue weighted by atomic mass is 15.3. The molecule has 0 radical (unpaired) electrons. The Kier molecular flexibility index (Phi) is 4.36. The van der Waals surface area contributed by atoms with Gasteiger partial charge in [-0.25, -0.2) is 9.50 Å². The van der Waals surface area contributed by atoms with Gasteiger partial charge in [-0.05, 0) is 25.5 Å². The zero-order valence-electron chi connectivity index (χ0n) is 12.6. The lowest BCUT2D eigenvalue weighted by atomic mass is 10.1. The summed E-state index contributed by atoms with van der Waals surface area (Å²) in [6.07, 6.45) is 7.81. The number of aromatic nitrogens is 3. The van der Waals surface area contributed by atoms with E-state index in [-0.39, 0.29) is 0 Å². The largest absolute Gasteiger partial charge is 0.352 e. The molecular weight excluding hydrogens is 264 g/mol. The second-order valence-corrected chi connectivity index (χ2v) is 5.57. The average molecular weight is 288 g/mol. The summed E-state index contributed by atoms with van der Waals surface area (Å²) in [5, 5.41) is 4.28. The molecular formula is C15H24N6. The maximum atomic E-state index is 5.72. The number of rotatable bonds is 5. The molecule has 2 N–H and O–H groups in total. The van der Waals surface area contributed by atoms with Gasteiger partial charge in [-0.1, -0.05) is 6.92 Å². The first-order valence-corrected chi connectivity index (χ1v) is 7.81. The molecule has 1 atom stereocenters. The Labute approximate surface area is 125 Å². The highest BCUT2D eigenvalue weighted by molar-refractivity contribution is 5.68. The summed E-state index contributed by atoms with van der Waals surface area (Å²) in [4.78, 5) is 9.49. The van der Waals surface area contributed by atoms with Gasteiger partial charge in [0.25, 0.3) is 0 Å². The second kappa shape index (κ2) is 6.41. The van der Waals surface area contributed by atoms with Crippen molar-refractivity contribution in [3.8, 4) is 0 Å². The van der Waals surface area contributed by atoms with Crippen molar-refractivity contribution in [2.75, 3.05) is 37.6 Å². The van der Waals surface area contributed by atoms with Crippen LogP contribution in [0.1, 0.15) is 19.8 Å². The van der Waals surface area contributed by atoms with Crippen molar-refractivity contribution < 1.29 is 0 Å². The van der Waals surface area contributed by atoms with Crippen LogP contribution in [0.25, 0.3) is 5.52 Å². The second-order valence-electron chi connectivity index (χ2n) is 5.57. The number of hydrogen-bond donors (Lipinski definition) is 1. The van der Waals surface area contributed by atoms with E-state index in [1.807, 2.05) is 29.2 Å². The lowest BCUT2D eigenvalue weighted by Gasteiger charge is -2.39. The summed E-state index contributed by atoms with van der Waals surface area (Å²) < 4.78 is 1.89. The molecule has 0 amide bonds. The minimum absolute atomic E-state index is 0.621. The number of hydrogen-bond acceptors (Lipinski definition) is 5. The van der Waals surface area contributed by atoms with Crippen LogP contribution < -0.4 is 10.6 Å². The zero-order chi connectivity index (χ0) is 14.7. The predicted octanol–water partition coefficient (Wildman–Crippen LogP) is 0.979. The van der Waals surface area contributed by atoms with Gasteiger partial charge < -0.3 is 10.6 Å². The van der Waals surface area contributed by atoms with Crippen molar-refractivity contribution in [3.05, 3.63) is 24.7 Å². The molecule has 1 saturated heterocycles. The van der Waals surface area contributed by atoms with E-state index < -0.39 is 0 Å². The smallest absolute Gasteiger partial charge is 0.154 e. The first kappa shape index (κ1) is 14.3. The molecule has 3 rings (SSSR count). The van der Waals surface area contributed by atoms with Crippen LogP contribution >= 0.6 is 0 Å². The van der Waals surface area contributed by atoms with Gasteiger partial charge in [0, 0.05) is 44.6 Å². The molecule has 2 aromatic rings. The number of anilines is 1. The molecule has 2 aromatic heterocycles. The maximum absolute atomic E-state index is 5.72. The van der Waals surface area contributed by atoms with Gasteiger partial charge in [-0.2, -0.15) is 5.10 Å². The topological polar surface area (TPSA) is 62.7 Å².